The molecule has 1 heterocycles. The first kappa shape index (κ1) is 9.25. The van der Waals surface area contributed by atoms with Crippen molar-refractivity contribution in [2.24, 2.45) is 11.8 Å². The van der Waals surface area contributed by atoms with Crippen molar-refractivity contribution >= 4 is 5.88 Å². The van der Waals surface area contributed by atoms with Gasteiger partial charge in [0.2, 0.25) is 5.88 Å². The first-order valence-corrected chi connectivity index (χ1v) is 5.95. The number of nitrogen functional groups attached to an aromatic ring is 1. The van der Waals surface area contributed by atoms with Gasteiger partial charge in [-0.15, -0.1) is 0 Å². The van der Waals surface area contributed by atoms with E-state index in [9.17, 15) is 0 Å². The summed E-state index contributed by atoms with van der Waals surface area (Å²) in [5.41, 5.74) is 8.15. The molecule has 3 rings (SSSR count). The lowest BCUT2D eigenvalue weighted by molar-refractivity contribution is 0.424. The van der Waals surface area contributed by atoms with Gasteiger partial charge in [0.1, 0.15) is 0 Å². The highest BCUT2D eigenvalue weighted by Gasteiger charge is 2.55. The quantitative estimate of drug-likeness (QED) is 0.809. The third-order valence-corrected chi connectivity index (χ3v) is 4.08. The summed E-state index contributed by atoms with van der Waals surface area (Å²) in [7, 11) is 0. The number of aromatic nitrogens is 1. The van der Waals surface area contributed by atoms with E-state index in [-0.39, 0.29) is 0 Å². The van der Waals surface area contributed by atoms with Gasteiger partial charge < -0.3 is 10.3 Å². The van der Waals surface area contributed by atoms with E-state index < -0.39 is 0 Å². The number of hydrogen-bond acceptors (Lipinski definition) is 3. The van der Waals surface area contributed by atoms with Crippen LogP contribution in [-0.2, 0) is 0 Å². The molecule has 0 spiro atoms. The van der Waals surface area contributed by atoms with Gasteiger partial charge in [-0.3, -0.25) is 0 Å². The molecule has 0 aromatic carbocycles. The van der Waals surface area contributed by atoms with Crippen LogP contribution < -0.4 is 5.73 Å². The van der Waals surface area contributed by atoms with Gasteiger partial charge in [-0.25, -0.2) is 0 Å². The molecule has 0 aliphatic heterocycles. The van der Waals surface area contributed by atoms with Crippen LogP contribution in [-0.4, -0.2) is 5.16 Å². The van der Waals surface area contributed by atoms with Gasteiger partial charge in [0.15, 0.2) is 0 Å². The largest absolute Gasteiger partial charge is 0.367 e. The molecule has 0 amide bonds. The fourth-order valence-electron chi connectivity index (χ4n) is 3.37. The molecular weight excluding hydrogens is 188 g/mol. The Morgan fingerprint density at radius 3 is 2.60 bits per heavy atom. The molecule has 0 bridgehead atoms. The third kappa shape index (κ3) is 1.22. The minimum atomic E-state index is 0.424. The van der Waals surface area contributed by atoms with Crippen LogP contribution in [0.25, 0.3) is 0 Å². The van der Waals surface area contributed by atoms with Crippen molar-refractivity contribution in [3.8, 4) is 0 Å². The third-order valence-electron chi connectivity index (χ3n) is 4.08. The molecule has 0 saturated heterocycles. The molecule has 82 valence electrons. The van der Waals surface area contributed by atoms with E-state index in [4.69, 9.17) is 10.3 Å². The van der Waals surface area contributed by atoms with Crippen LogP contribution in [0.3, 0.4) is 0 Å². The summed E-state index contributed by atoms with van der Waals surface area (Å²) < 4.78 is 5.15. The number of nitrogens with two attached hydrogens (primary N) is 1. The zero-order chi connectivity index (χ0) is 10.6. The summed E-state index contributed by atoms with van der Waals surface area (Å²) in [6.45, 7) is 4.31. The fraction of sp³-hybridized carbons (Fsp3) is 0.750. The van der Waals surface area contributed by atoms with Crippen molar-refractivity contribution in [1.82, 2.24) is 5.16 Å². The summed E-state index contributed by atoms with van der Waals surface area (Å²) in [4.78, 5) is 0. The van der Waals surface area contributed by atoms with Gasteiger partial charge >= 0.3 is 0 Å². The van der Waals surface area contributed by atoms with Crippen molar-refractivity contribution in [3.05, 3.63) is 11.3 Å². The molecule has 2 saturated carbocycles. The van der Waals surface area contributed by atoms with Gasteiger partial charge in [-0.05, 0) is 30.6 Å². The second-order valence-electron chi connectivity index (χ2n) is 5.28. The molecule has 2 aliphatic carbocycles. The summed E-state index contributed by atoms with van der Waals surface area (Å²) in [5, 5.41) is 4.18. The zero-order valence-electron chi connectivity index (χ0n) is 9.36. The first-order valence-electron chi connectivity index (χ1n) is 5.95. The maximum absolute atomic E-state index is 5.83. The van der Waals surface area contributed by atoms with Crippen molar-refractivity contribution in [2.45, 2.75) is 44.9 Å². The molecule has 2 atom stereocenters. The number of rotatable bonds is 2. The zero-order valence-corrected chi connectivity index (χ0v) is 9.36. The van der Waals surface area contributed by atoms with E-state index >= 15 is 0 Å². The molecule has 2 fully saturated rings. The highest BCUT2D eigenvalue weighted by molar-refractivity contribution is 5.45. The van der Waals surface area contributed by atoms with Gasteiger partial charge in [0.05, 0.1) is 5.69 Å². The Labute approximate surface area is 90.0 Å². The summed E-state index contributed by atoms with van der Waals surface area (Å²) in [6, 6.07) is 0. The fourth-order valence-corrected chi connectivity index (χ4v) is 3.37. The van der Waals surface area contributed by atoms with Crippen LogP contribution in [0.1, 0.15) is 56.2 Å². The Morgan fingerprint density at radius 1 is 1.33 bits per heavy atom. The van der Waals surface area contributed by atoms with Crippen molar-refractivity contribution in [1.29, 1.82) is 0 Å². The van der Waals surface area contributed by atoms with E-state index in [1.54, 1.807) is 0 Å². The average molecular weight is 206 g/mol. The summed E-state index contributed by atoms with van der Waals surface area (Å²) in [6.07, 6.45) is 4.15. The van der Waals surface area contributed by atoms with Gasteiger partial charge in [0, 0.05) is 11.5 Å². The SMILES string of the molecule is CC(C)c1c(C2C3CCCC32)noc1N. The van der Waals surface area contributed by atoms with E-state index in [1.165, 1.54) is 19.3 Å². The Hall–Kier alpha value is -0.990. The number of hydrogen-bond donors (Lipinski definition) is 1. The normalized spacial score (nSPS) is 33.4. The average Bonchev–Trinajstić information content (AvgIpc) is 2.62. The molecular formula is C12H18N2O. The Kier molecular flexibility index (Phi) is 1.85. The highest BCUT2D eigenvalue weighted by atomic mass is 16.5. The maximum Gasteiger partial charge on any atom is 0.225 e. The Bertz CT molecular complexity index is 373. The van der Waals surface area contributed by atoms with Crippen molar-refractivity contribution in [2.75, 3.05) is 5.73 Å². The monoisotopic (exact) mass is 206 g/mol. The summed E-state index contributed by atoms with van der Waals surface area (Å²) in [5.74, 6) is 3.38. The van der Waals surface area contributed by atoms with Crippen molar-refractivity contribution < 1.29 is 4.52 Å². The molecule has 3 nitrogen and oxygen atoms in total. The lowest BCUT2D eigenvalue weighted by atomic mass is 9.98. The molecule has 0 radical (unpaired) electrons. The van der Waals surface area contributed by atoms with Gasteiger partial charge in [-0.1, -0.05) is 25.4 Å². The minimum absolute atomic E-state index is 0.424. The number of nitrogens with zero attached hydrogens (tertiary/aromatic N) is 1. The van der Waals surface area contributed by atoms with Gasteiger partial charge in [0.25, 0.3) is 0 Å². The smallest absolute Gasteiger partial charge is 0.225 e. The van der Waals surface area contributed by atoms with Crippen LogP contribution in [0, 0.1) is 11.8 Å². The topological polar surface area (TPSA) is 52.0 Å². The Morgan fingerprint density at radius 2 is 2.00 bits per heavy atom. The molecule has 15 heavy (non-hydrogen) atoms. The molecule has 3 heteroatoms. The molecule has 2 unspecified atom stereocenters. The van der Waals surface area contributed by atoms with Crippen molar-refractivity contribution in [3.63, 3.8) is 0 Å². The maximum atomic E-state index is 5.83. The molecule has 1 aromatic heterocycles. The lowest BCUT2D eigenvalue weighted by Crippen LogP contribution is -1.98. The second kappa shape index (κ2) is 3.00. The Balaban J connectivity index is 1.93. The van der Waals surface area contributed by atoms with E-state index in [0.717, 1.165) is 23.1 Å². The predicted octanol–water partition coefficient (Wildman–Crippen LogP) is 2.89. The predicted molar refractivity (Wildman–Crippen MR) is 58.6 cm³/mol. The van der Waals surface area contributed by atoms with Crippen LogP contribution in [0.2, 0.25) is 0 Å². The number of fused-ring (bicyclic) bond motifs is 1. The molecule has 2 aliphatic rings. The van der Waals surface area contributed by atoms with Crippen LogP contribution >= 0.6 is 0 Å². The second-order valence-corrected chi connectivity index (χ2v) is 5.28. The highest BCUT2D eigenvalue weighted by Crippen LogP contribution is 2.63. The van der Waals surface area contributed by atoms with Crippen LogP contribution in [0.4, 0.5) is 5.88 Å². The molecule has 2 N–H and O–H groups in total. The van der Waals surface area contributed by atoms with E-state index in [0.29, 0.717) is 17.7 Å². The minimum Gasteiger partial charge on any atom is -0.367 e. The van der Waals surface area contributed by atoms with Gasteiger partial charge in [-0.2, -0.15) is 0 Å². The first-order chi connectivity index (χ1) is 7.20. The number of anilines is 1. The van der Waals surface area contributed by atoms with Crippen LogP contribution in [0.5, 0.6) is 0 Å². The lowest BCUT2D eigenvalue weighted by Gasteiger charge is -2.06. The molecule has 1 aromatic rings. The van der Waals surface area contributed by atoms with E-state index in [2.05, 4.69) is 19.0 Å². The summed E-state index contributed by atoms with van der Waals surface area (Å²) >= 11 is 0. The van der Waals surface area contributed by atoms with Crippen LogP contribution in [0.15, 0.2) is 4.52 Å². The van der Waals surface area contributed by atoms with E-state index in [1.807, 2.05) is 0 Å². The standard InChI is InChI=1S/C12H18N2O/c1-6(2)9-11(14-15-12(9)13)10-7-4-3-5-8(7)10/h6-8,10H,3-5,13H2,1-2H3.